The van der Waals surface area contributed by atoms with Gasteiger partial charge in [-0.25, -0.2) is 0 Å². The van der Waals surface area contributed by atoms with Gasteiger partial charge in [0, 0.05) is 12.5 Å². The SMILES string of the molecule is CCC(C)C(=O)CN(CC)CC(C)C#N. The molecule has 2 unspecified atom stereocenters. The molecule has 0 bridgehead atoms. The average molecular weight is 210 g/mol. The normalized spacial score (nSPS) is 14.7. The molecule has 0 aliphatic rings. The number of nitrogens with zero attached hydrogens (tertiary/aromatic N) is 2. The molecular weight excluding hydrogens is 188 g/mol. The number of rotatable bonds is 7. The van der Waals surface area contributed by atoms with Crippen molar-refractivity contribution in [3.05, 3.63) is 0 Å². The second-order valence-corrected chi connectivity index (χ2v) is 4.13. The van der Waals surface area contributed by atoms with Crippen LogP contribution in [0.25, 0.3) is 0 Å². The fourth-order valence-electron chi connectivity index (χ4n) is 1.34. The molecule has 0 aromatic heterocycles. The van der Waals surface area contributed by atoms with Crippen LogP contribution in [0.15, 0.2) is 0 Å². The first-order valence-corrected chi connectivity index (χ1v) is 5.69. The highest BCUT2D eigenvalue weighted by atomic mass is 16.1. The maximum absolute atomic E-state index is 11.7. The summed E-state index contributed by atoms with van der Waals surface area (Å²) in [6.45, 7) is 9.89. The van der Waals surface area contributed by atoms with E-state index < -0.39 is 0 Å². The predicted octanol–water partition coefficient (Wildman–Crippen LogP) is 2.08. The van der Waals surface area contributed by atoms with Crippen molar-refractivity contribution in [3.8, 4) is 6.07 Å². The van der Waals surface area contributed by atoms with Crippen LogP contribution < -0.4 is 0 Å². The lowest BCUT2D eigenvalue weighted by atomic mass is 10.0. The van der Waals surface area contributed by atoms with Gasteiger partial charge >= 0.3 is 0 Å². The number of Topliss-reactive ketones (excluding diaryl/α,β-unsaturated/α-hetero) is 1. The lowest BCUT2D eigenvalue weighted by Crippen LogP contribution is -2.35. The molecule has 0 saturated heterocycles. The molecule has 86 valence electrons. The molecule has 0 fully saturated rings. The van der Waals surface area contributed by atoms with Crippen molar-refractivity contribution in [3.63, 3.8) is 0 Å². The van der Waals surface area contributed by atoms with E-state index in [9.17, 15) is 4.79 Å². The quantitative estimate of drug-likeness (QED) is 0.646. The van der Waals surface area contributed by atoms with Crippen LogP contribution in [0, 0.1) is 23.2 Å². The lowest BCUT2D eigenvalue weighted by Gasteiger charge is -2.22. The van der Waals surface area contributed by atoms with Gasteiger partial charge in [-0.3, -0.25) is 9.69 Å². The van der Waals surface area contributed by atoms with Gasteiger partial charge in [-0.1, -0.05) is 20.8 Å². The Morgan fingerprint density at radius 3 is 2.40 bits per heavy atom. The van der Waals surface area contributed by atoms with Crippen LogP contribution in [-0.4, -0.2) is 30.3 Å². The Kier molecular flexibility index (Phi) is 6.98. The molecule has 2 atom stereocenters. The second kappa shape index (κ2) is 7.42. The summed E-state index contributed by atoms with van der Waals surface area (Å²) >= 11 is 0. The summed E-state index contributed by atoms with van der Waals surface area (Å²) in [6.07, 6.45) is 0.893. The Hall–Kier alpha value is -0.880. The van der Waals surface area contributed by atoms with Gasteiger partial charge in [-0.2, -0.15) is 5.26 Å². The standard InChI is InChI=1S/C12H22N2O/c1-5-11(4)12(15)9-14(6-2)8-10(3)7-13/h10-11H,5-6,8-9H2,1-4H3. The Morgan fingerprint density at radius 2 is 2.00 bits per heavy atom. The number of carbonyl (C=O) groups is 1. The van der Waals surface area contributed by atoms with E-state index in [2.05, 4.69) is 6.07 Å². The minimum Gasteiger partial charge on any atom is -0.298 e. The van der Waals surface area contributed by atoms with E-state index in [-0.39, 0.29) is 17.6 Å². The van der Waals surface area contributed by atoms with E-state index in [4.69, 9.17) is 5.26 Å². The summed E-state index contributed by atoms with van der Waals surface area (Å²) in [5.41, 5.74) is 0. The van der Waals surface area contributed by atoms with E-state index in [1.54, 1.807) is 0 Å². The minimum absolute atomic E-state index is 0.00492. The molecule has 0 saturated carbocycles. The molecule has 0 aliphatic heterocycles. The van der Waals surface area contributed by atoms with Crippen LogP contribution in [0.1, 0.15) is 34.1 Å². The predicted molar refractivity (Wildman–Crippen MR) is 61.4 cm³/mol. The number of ketones is 1. The van der Waals surface area contributed by atoms with E-state index in [1.165, 1.54) is 0 Å². The summed E-state index contributed by atoms with van der Waals surface area (Å²) in [7, 11) is 0. The smallest absolute Gasteiger partial charge is 0.149 e. The maximum Gasteiger partial charge on any atom is 0.149 e. The van der Waals surface area contributed by atoms with Gasteiger partial charge in [0.25, 0.3) is 0 Å². The number of hydrogen-bond donors (Lipinski definition) is 0. The van der Waals surface area contributed by atoms with Crippen molar-refractivity contribution in [2.75, 3.05) is 19.6 Å². The van der Waals surface area contributed by atoms with Crippen LogP contribution in [0.4, 0.5) is 0 Å². The molecule has 0 aromatic carbocycles. The van der Waals surface area contributed by atoms with Gasteiger partial charge < -0.3 is 0 Å². The molecule has 3 nitrogen and oxygen atoms in total. The van der Waals surface area contributed by atoms with Gasteiger partial charge in [0.1, 0.15) is 5.78 Å². The molecule has 0 heterocycles. The molecule has 3 heteroatoms. The fourth-order valence-corrected chi connectivity index (χ4v) is 1.34. The molecule has 15 heavy (non-hydrogen) atoms. The molecule has 0 spiro atoms. The molecule has 0 N–H and O–H groups in total. The fraction of sp³-hybridized carbons (Fsp3) is 0.833. The van der Waals surface area contributed by atoms with Gasteiger partial charge in [0.15, 0.2) is 0 Å². The van der Waals surface area contributed by atoms with Crippen molar-refractivity contribution in [1.82, 2.24) is 4.90 Å². The minimum atomic E-state index is -0.00492. The van der Waals surface area contributed by atoms with Crippen molar-refractivity contribution < 1.29 is 4.79 Å². The summed E-state index contributed by atoms with van der Waals surface area (Å²) in [4.78, 5) is 13.7. The molecule has 0 aromatic rings. The highest BCUT2D eigenvalue weighted by Crippen LogP contribution is 2.05. The molecule has 0 rings (SSSR count). The van der Waals surface area contributed by atoms with Crippen LogP contribution in [0.5, 0.6) is 0 Å². The third-order valence-electron chi connectivity index (χ3n) is 2.74. The topological polar surface area (TPSA) is 44.1 Å². The van der Waals surface area contributed by atoms with Crippen molar-refractivity contribution in [1.29, 1.82) is 5.26 Å². The summed E-state index contributed by atoms with van der Waals surface area (Å²) in [5.74, 6) is 0.413. The van der Waals surface area contributed by atoms with Crippen LogP contribution in [0.2, 0.25) is 0 Å². The Balaban J connectivity index is 4.10. The zero-order valence-corrected chi connectivity index (χ0v) is 10.3. The summed E-state index contributed by atoms with van der Waals surface area (Å²) < 4.78 is 0. The zero-order chi connectivity index (χ0) is 11.8. The molecular formula is C12H22N2O. The highest BCUT2D eigenvalue weighted by Gasteiger charge is 2.15. The van der Waals surface area contributed by atoms with E-state index in [0.717, 1.165) is 13.0 Å². The maximum atomic E-state index is 11.7. The van der Waals surface area contributed by atoms with Gasteiger partial charge in [-0.15, -0.1) is 0 Å². The molecule has 0 amide bonds. The summed E-state index contributed by atoms with van der Waals surface area (Å²) in [6, 6.07) is 2.19. The van der Waals surface area contributed by atoms with Crippen molar-refractivity contribution in [2.45, 2.75) is 34.1 Å². The number of hydrogen-bond acceptors (Lipinski definition) is 3. The molecule has 0 radical (unpaired) electrons. The number of nitriles is 1. The van der Waals surface area contributed by atoms with Crippen LogP contribution in [0.3, 0.4) is 0 Å². The van der Waals surface area contributed by atoms with E-state index >= 15 is 0 Å². The van der Waals surface area contributed by atoms with E-state index in [0.29, 0.717) is 13.1 Å². The number of likely N-dealkylation sites (N-methyl/N-ethyl adjacent to an activating group) is 1. The monoisotopic (exact) mass is 210 g/mol. The molecule has 0 aliphatic carbocycles. The van der Waals surface area contributed by atoms with Crippen molar-refractivity contribution >= 4 is 5.78 Å². The van der Waals surface area contributed by atoms with E-state index in [1.807, 2.05) is 32.6 Å². The second-order valence-electron chi connectivity index (χ2n) is 4.13. The van der Waals surface area contributed by atoms with Gasteiger partial charge in [0.2, 0.25) is 0 Å². The van der Waals surface area contributed by atoms with Gasteiger partial charge in [0.05, 0.1) is 18.5 Å². The Labute approximate surface area is 93.1 Å². The van der Waals surface area contributed by atoms with Crippen LogP contribution >= 0.6 is 0 Å². The largest absolute Gasteiger partial charge is 0.298 e. The average Bonchev–Trinajstić information content (AvgIpc) is 2.26. The summed E-state index contributed by atoms with van der Waals surface area (Å²) in [5, 5.41) is 8.71. The third kappa shape index (κ3) is 5.54. The first-order valence-electron chi connectivity index (χ1n) is 5.69. The van der Waals surface area contributed by atoms with Crippen molar-refractivity contribution in [2.24, 2.45) is 11.8 Å². The Morgan fingerprint density at radius 1 is 1.40 bits per heavy atom. The zero-order valence-electron chi connectivity index (χ0n) is 10.3. The lowest BCUT2D eigenvalue weighted by molar-refractivity contribution is -0.123. The van der Waals surface area contributed by atoms with Crippen LogP contribution in [-0.2, 0) is 4.79 Å². The highest BCUT2D eigenvalue weighted by molar-refractivity contribution is 5.82. The first kappa shape index (κ1) is 14.1. The number of carbonyl (C=O) groups excluding carboxylic acids is 1. The third-order valence-corrected chi connectivity index (χ3v) is 2.74. The Bertz CT molecular complexity index is 232. The first-order chi connectivity index (χ1) is 7.04. The van der Waals surface area contributed by atoms with Gasteiger partial charge in [-0.05, 0) is 19.9 Å².